The minimum atomic E-state index is -3.19. The van der Waals surface area contributed by atoms with Gasteiger partial charge in [-0.2, -0.15) is 13.9 Å². The maximum absolute atomic E-state index is 13.9. The lowest BCUT2D eigenvalue weighted by atomic mass is 10.1. The summed E-state index contributed by atoms with van der Waals surface area (Å²) in [6.45, 7) is 5.86. The molecule has 158 valence electrons. The van der Waals surface area contributed by atoms with Crippen LogP contribution in [0.5, 0.6) is 0 Å². The third-order valence-corrected chi connectivity index (χ3v) is 4.19. The van der Waals surface area contributed by atoms with Gasteiger partial charge in [-0.25, -0.2) is 15.0 Å². The zero-order chi connectivity index (χ0) is 22.1. The van der Waals surface area contributed by atoms with E-state index in [0.29, 0.717) is 28.5 Å². The molecule has 0 bridgehead atoms. The topological polar surface area (TPSA) is 97.6 Å². The molecule has 0 spiro atoms. The molecular weight excluding hydrogens is 392 g/mol. The van der Waals surface area contributed by atoms with Crippen molar-refractivity contribution in [2.75, 3.05) is 10.6 Å². The molecule has 0 saturated heterocycles. The summed E-state index contributed by atoms with van der Waals surface area (Å²) < 4.78 is 29.5. The molecule has 0 atom stereocenters. The van der Waals surface area contributed by atoms with E-state index in [2.05, 4.69) is 30.7 Å². The summed E-state index contributed by atoms with van der Waals surface area (Å²) in [6.07, 6.45) is 3.33. The number of hydrogen-bond acceptors (Lipinski definition) is 6. The van der Waals surface area contributed by atoms with Crippen molar-refractivity contribution in [1.82, 2.24) is 24.7 Å². The van der Waals surface area contributed by atoms with E-state index >= 15 is 0 Å². The zero-order valence-electron chi connectivity index (χ0n) is 17.4. The smallest absolute Gasteiger partial charge is 0.303 e. The van der Waals surface area contributed by atoms with Crippen molar-refractivity contribution < 1.29 is 13.6 Å². The second kappa shape index (κ2) is 8.13. The van der Waals surface area contributed by atoms with Crippen molar-refractivity contribution in [3.63, 3.8) is 0 Å². The fourth-order valence-corrected chi connectivity index (χ4v) is 2.73. The molecule has 0 radical (unpaired) electrons. The average molecular weight is 415 g/mol. The molecule has 8 nitrogen and oxygen atoms in total. The van der Waals surface area contributed by atoms with Crippen LogP contribution in [0, 0.1) is 0 Å². The minimum Gasteiger partial charge on any atom is -0.339 e. The molecule has 3 heterocycles. The Morgan fingerprint density at radius 1 is 1.20 bits per heavy atom. The van der Waals surface area contributed by atoms with Crippen LogP contribution in [0.2, 0.25) is 0 Å². The van der Waals surface area contributed by atoms with Gasteiger partial charge in [0, 0.05) is 56.7 Å². The maximum Gasteiger partial charge on any atom is 0.303 e. The Hall–Kier alpha value is -3.43. The number of nitrogens with one attached hydrogen (secondary N) is 2. The number of carbonyl (C=O) groups is 1. The predicted octanol–water partition coefficient (Wildman–Crippen LogP) is 4.21. The van der Waals surface area contributed by atoms with Crippen LogP contribution < -0.4 is 10.6 Å². The largest absolute Gasteiger partial charge is 0.339 e. The van der Waals surface area contributed by atoms with Gasteiger partial charge in [-0.15, -0.1) is 0 Å². The highest BCUT2D eigenvalue weighted by Gasteiger charge is 2.29. The number of anilines is 3. The fraction of sp³-hybridized carbons (Fsp3) is 0.350. The van der Waals surface area contributed by atoms with Gasteiger partial charge in [0.25, 0.3) is 0 Å². The van der Waals surface area contributed by atoms with E-state index in [1.165, 1.54) is 6.92 Å². The van der Waals surface area contributed by atoms with Crippen molar-refractivity contribution in [2.45, 2.75) is 39.5 Å². The Kier molecular flexibility index (Phi) is 5.77. The Bertz CT molecular complexity index is 1070. The Balaban J connectivity index is 2.10. The van der Waals surface area contributed by atoms with E-state index in [9.17, 15) is 13.6 Å². The molecule has 3 rings (SSSR count). The fourth-order valence-electron chi connectivity index (χ4n) is 2.73. The molecule has 0 aliphatic heterocycles. The van der Waals surface area contributed by atoms with Gasteiger partial charge >= 0.3 is 5.92 Å². The quantitative estimate of drug-likeness (QED) is 0.626. The van der Waals surface area contributed by atoms with Crippen LogP contribution in [0.25, 0.3) is 11.3 Å². The summed E-state index contributed by atoms with van der Waals surface area (Å²) in [4.78, 5) is 23.7. The molecule has 3 aromatic heterocycles. The van der Waals surface area contributed by atoms with Gasteiger partial charge < -0.3 is 10.6 Å². The number of alkyl halides is 2. The third kappa shape index (κ3) is 4.94. The molecule has 1 amide bonds. The Morgan fingerprint density at radius 2 is 1.93 bits per heavy atom. The molecule has 0 fully saturated rings. The lowest BCUT2D eigenvalue weighted by Crippen LogP contribution is -2.16. The van der Waals surface area contributed by atoms with E-state index in [1.807, 2.05) is 13.8 Å². The van der Waals surface area contributed by atoms with Gasteiger partial charge in [0.1, 0.15) is 11.6 Å². The molecule has 0 aliphatic carbocycles. The van der Waals surface area contributed by atoms with E-state index in [0.717, 1.165) is 6.92 Å². The van der Waals surface area contributed by atoms with Crippen LogP contribution in [0.4, 0.5) is 26.1 Å². The summed E-state index contributed by atoms with van der Waals surface area (Å²) in [7, 11) is 1.78. The maximum atomic E-state index is 13.9. The van der Waals surface area contributed by atoms with Gasteiger partial charge in [0.2, 0.25) is 11.7 Å². The standard InChI is InChI=1S/C20H23F2N7O/c1-11(2)15-8-18(27-19(26-15)20(4,21)22)25-16-9-17(24-12(3)30)23-10-13(16)14-6-7-29(5)28-14/h6-11H,1-5H3,(H2,23,24,25,26,27,30). The molecule has 2 N–H and O–H groups in total. The molecule has 10 heteroatoms. The van der Waals surface area contributed by atoms with Gasteiger partial charge in [-0.05, 0) is 12.0 Å². The van der Waals surface area contributed by atoms with Crippen LogP contribution in [-0.2, 0) is 17.8 Å². The number of pyridine rings is 1. The first-order valence-electron chi connectivity index (χ1n) is 9.35. The molecular formula is C20H23F2N7O. The molecule has 0 saturated carbocycles. The van der Waals surface area contributed by atoms with Crippen LogP contribution in [0.3, 0.4) is 0 Å². The van der Waals surface area contributed by atoms with Crippen molar-refractivity contribution >= 4 is 23.2 Å². The number of aromatic nitrogens is 5. The summed E-state index contributed by atoms with van der Waals surface area (Å²) in [5.74, 6) is -3.59. The van der Waals surface area contributed by atoms with E-state index in [-0.39, 0.29) is 17.6 Å². The SMILES string of the molecule is CC(=O)Nc1cc(Nc2cc(C(C)C)nc(C(C)(F)F)n2)c(-c2ccn(C)n2)cn1. The zero-order valence-corrected chi connectivity index (χ0v) is 17.4. The summed E-state index contributed by atoms with van der Waals surface area (Å²) in [5.41, 5.74) is 2.24. The lowest BCUT2D eigenvalue weighted by Gasteiger charge is -2.16. The highest BCUT2D eigenvalue weighted by Crippen LogP contribution is 2.32. The van der Waals surface area contributed by atoms with Crippen LogP contribution in [-0.4, -0.2) is 30.6 Å². The predicted molar refractivity (Wildman–Crippen MR) is 110 cm³/mol. The third-order valence-electron chi connectivity index (χ3n) is 4.19. The van der Waals surface area contributed by atoms with Crippen molar-refractivity contribution in [3.05, 3.63) is 42.1 Å². The van der Waals surface area contributed by atoms with E-state index in [4.69, 9.17) is 0 Å². The normalized spacial score (nSPS) is 11.6. The van der Waals surface area contributed by atoms with Crippen molar-refractivity contribution in [2.24, 2.45) is 7.05 Å². The van der Waals surface area contributed by atoms with Crippen molar-refractivity contribution in [1.29, 1.82) is 0 Å². The second-order valence-corrected chi connectivity index (χ2v) is 7.34. The van der Waals surface area contributed by atoms with E-state index < -0.39 is 11.7 Å². The average Bonchev–Trinajstić information content (AvgIpc) is 3.06. The Morgan fingerprint density at radius 3 is 2.50 bits per heavy atom. The number of aryl methyl sites for hydroxylation is 1. The Labute approximate surface area is 172 Å². The number of nitrogens with zero attached hydrogens (tertiary/aromatic N) is 5. The second-order valence-electron chi connectivity index (χ2n) is 7.34. The lowest BCUT2D eigenvalue weighted by molar-refractivity contribution is -0.114. The highest BCUT2D eigenvalue weighted by molar-refractivity contribution is 5.89. The van der Waals surface area contributed by atoms with Gasteiger partial charge in [0.15, 0.2) is 0 Å². The monoisotopic (exact) mass is 415 g/mol. The first-order valence-corrected chi connectivity index (χ1v) is 9.35. The number of amides is 1. The molecule has 30 heavy (non-hydrogen) atoms. The molecule has 0 aromatic carbocycles. The van der Waals surface area contributed by atoms with Crippen molar-refractivity contribution in [3.8, 4) is 11.3 Å². The van der Waals surface area contributed by atoms with Gasteiger partial charge in [0.05, 0.1) is 11.4 Å². The highest BCUT2D eigenvalue weighted by atomic mass is 19.3. The van der Waals surface area contributed by atoms with Gasteiger partial charge in [-0.1, -0.05) is 13.8 Å². The first-order chi connectivity index (χ1) is 14.0. The number of carbonyl (C=O) groups excluding carboxylic acids is 1. The minimum absolute atomic E-state index is 0.0720. The number of hydrogen-bond donors (Lipinski definition) is 2. The summed E-state index contributed by atoms with van der Waals surface area (Å²) >= 11 is 0. The summed E-state index contributed by atoms with van der Waals surface area (Å²) in [6, 6.07) is 5.03. The molecule has 0 aliphatic rings. The number of rotatable bonds is 6. The van der Waals surface area contributed by atoms with Crippen LogP contribution in [0.15, 0.2) is 30.6 Å². The molecule has 0 unspecified atom stereocenters. The van der Waals surface area contributed by atoms with Crippen LogP contribution in [0.1, 0.15) is 45.1 Å². The first kappa shape index (κ1) is 21.3. The molecule has 3 aromatic rings. The number of halogens is 2. The van der Waals surface area contributed by atoms with Crippen LogP contribution >= 0.6 is 0 Å². The van der Waals surface area contributed by atoms with Gasteiger partial charge in [-0.3, -0.25) is 9.48 Å². The van der Waals surface area contributed by atoms with E-state index in [1.54, 1.807) is 42.3 Å². The summed E-state index contributed by atoms with van der Waals surface area (Å²) in [5, 5.41) is 10.1.